The zero-order valence-corrected chi connectivity index (χ0v) is 18.9. The van der Waals surface area contributed by atoms with Gasteiger partial charge in [-0.05, 0) is 60.9 Å². The number of carbonyl (C=O) groups is 1. The van der Waals surface area contributed by atoms with Gasteiger partial charge in [0.25, 0.3) is 5.91 Å². The first-order chi connectivity index (χ1) is 15.7. The number of aromatic nitrogens is 1. The summed E-state index contributed by atoms with van der Waals surface area (Å²) in [4.78, 5) is 16.9. The Morgan fingerprint density at radius 3 is 2.64 bits per heavy atom. The van der Waals surface area contributed by atoms with Crippen LogP contribution in [0.3, 0.4) is 0 Å². The minimum Gasteiger partial charge on any atom is -0.322 e. The molecular formula is C23H20ClF2N3O3S. The highest BCUT2D eigenvalue weighted by Gasteiger charge is 2.32. The van der Waals surface area contributed by atoms with Gasteiger partial charge in [-0.2, -0.15) is 0 Å². The summed E-state index contributed by atoms with van der Waals surface area (Å²) in [6.45, 7) is 0. The van der Waals surface area contributed by atoms with Crippen LogP contribution in [0.5, 0.6) is 0 Å². The van der Waals surface area contributed by atoms with Gasteiger partial charge in [-0.15, -0.1) is 0 Å². The molecule has 0 spiro atoms. The summed E-state index contributed by atoms with van der Waals surface area (Å²) in [5.74, 6) is -1.91. The van der Waals surface area contributed by atoms with E-state index in [0.717, 1.165) is 12.1 Å². The van der Waals surface area contributed by atoms with Crippen molar-refractivity contribution in [3.8, 4) is 0 Å². The highest BCUT2D eigenvalue weighted by atomic mass is 35.5. The normalized spacial score (nSPS) is 15.3. The number of pyridine rings is 1. The number of nitrogens with one attached hydrogen (secondary N) is 2. The van der Waals surface area contributed by atoms with Gasteiger partial charge < -0.3 is 5.32 Å². The molecule has 0 aliphatic heterocycles. The molecule has 3 aromatic rings. The van der Waals surface area contributed by atoms with Crippen LogP contribution in [0.15, 0.2) is 54.7 Å². The Hall–Kier alpha value is -2.88. The molecule has 1 amide bonds. The molecule has 33 heavy (non-hydrogen) atoms. The quantitative estimate of drug-likeness (QED) is 0.512. The van der Waals surface area contributed by atoms with Crippen LogP contribution in [0, 0.1) is 11.6 Å². The summed E-state index contributed by atoms with van der Waals surface area (Å²) >= 11 is 5.76. The SMILES string of the molecule is O=C(Nc1ccc(F)c(Cl)c1)c1ccc(F)c2c1CC[C@@H]2NS(=O)(=O)CCc1ccccn1. The van der Waals surface area contributed by atoms with Crippen LogP contribution >= 0.6 is 11.6 Å². The molecule has 0 fully saturated rings. The van der Waals surface area contributed by atoms with Gasteiger partial charge in [0, 0.05) is 35.1 Å². The first-order valence-corrected chi connectivity index (χ1v) is 12.2. The number of anilines is 1. The molecule has 0 radical (unpaired) electrons. The Kier molecular flexibility index (Phi) is 6.73. The molecule has 4 rings (SSSR count). The second-order valence-electron chi connectivity index (χ2n) is 7.67. The number of rotatable bonds is 7. The fourth-order valence-electron chi connectivity index (χ4n) is 3.88. The Bertz CT molecular complexity index is 1300. The minimum atomic E-state index is -3.72. The van der Waals surface area contributed by atoms with Crippen molar-refractivity contribution in [1.29, 1.82) is 0 Å². The monoisotopic (exact) mass is 491 g/mol. The minimum absolute atomic E-state index is 0.141. The molecule has 1 aliphatic rings. The molecule has 0 saturated carbocycles. The van der Waals surface area contributed by atoms with E-state index in [1.165, 1.54) is 18.2 Å². The molecule has 2 aromatic carbocycles. The summed E-state index contributed by atoms with van der Waals surface area (Å²) in [6.07, 6.45) is 2.46. The summed E-state index contributed by atoms with van der Waals surface area (Å²) in [6, 6.07) is 10.7. The number of carbonyl (C=O) groups excluding carboxylic acids is 1. The Balaban J connectivity index is 1.51. The van der Waals surface area contributed by atoms with E-state index in [9.17, 15) is 22.0 Å². The molecule has 1 heterocycles. The summed E-state index contributed by atoms with van der Waals surface area (Å²) < 4.78 is 55.9. The van der Waals surface area contributed by atoms with Crippen LogP contribution in [0.25, 0.3) is 0 Å². The number of aryl methyl sites for hydroxylation is 1. The lowest BCUT2D eigenvalue weighted by Crippen LogP contribution is -2.31. The van der Waals surface area contributed by atoms with Crippen molar-refractivity contribution in [3.05, 3.63) is 93.8 Å². The highest BCUT2D eigenvalue weighted by molar-refractivity contribution is 7.89. The summed E-state index contributed by atoms with van der Waals surface area (Å²) in [5, 5.41) is 2.48. The van der Waals surface area contributed by atoms with Gasteiger partial charge in [-0.3, -0.25) is 9.78 Å². The first kappa shape index (κ1) is 23.3. The third kappa shape index (κ3) is 5.38. The van der Waals surface area contributed by atoms with Gasteiger partial charge in [0.1, 0.15) is 11.6 Å². The molecule has 0 saturated heterocycles. The molecule has 0 bridgehead atoms. The van der Waals surface area contributed by atoms with Crippen LogP contribution in [-0.4, -0.2) is 25.1 Å². The van der Waals surface area contributed by atoms with E-state index in [0.29, 0.717) is 24.1 Å². The Labute approximate surface area is 195 Å². The molecule has 0 unspecified atom stereocenters. The lowest BCUT2D eigenvalue weighted by atomic mass is 10.0. The van der Waals surface area contributed by atoms with E-state index in [1.807, 2.05) is 0 Å². The zero-order valence-electron chi connectivity index (χ0n) is 17.3. The average Bonchev–Trinajstić information content (AvgIpc) is 3.19. The van der Waals surface area contributed by atoms with Crippen LogP contribution < -0.4 is 10.0 Å². The topological polar surface area (TPSA) is 88.2 Å². The molecule has 10 heteroatoms. The van der Waals surface area contributed by atoms with Gasteiger partial charge in [-0.25, -0.2) is 21.9 Å². The Morgan fingerprint density at radius 1 is 1.12 bits per heavy atom. The van der Waals surface area contributed by atoms with Crippen molar-refractivity contribution in [1.82, 2.24) is 9.71 Å². The molecule has 6 nitrogen and oxygen atoms in total. The smallest absolute Gasteiger partial charge is 0.255 e. The molecule has 2 N–H and O–H groups in total. The predicted molar refractivity (Wildman–Crippen MR) is 122 cm³/mol. The van der Waals surface area contributed by atoms with Crippen LogP contribution in [0.4, 0.5) is 14.5 Å². The van der Waals surface area contributed by atoms with E-state index < -0.39 is 33.6 Å². The largest absolute Gasteiger partial charge is 0.322 e. The zero-order chi connectivity index (χ0) is 23.6. The van der Waals surface area contributed by atoms with E-state index in [2.05, 4.69) is 15.0 Å². The van der Waals surface area contributed by atoms with Crippen LogP contribution in [0.1, 0.15) is 39.6 Å². The van der Waals surface area contributed by atoms with Gasteiger partial charge >= 0.3 is 0 Å². The summed E-state index contributed by atoms with van der Waals surface area (Å²) in [5.41, 5.74) is 1.76. The van der Waals surface area contributed by atoms with Crippen molar-refractivity contribution in [2.45, 2.75) is 25.3 Å². The first-order valence-electron chi connectivity index (χ1n) is 10.2. The third-order valence-electron chi connectivity index (χ3n) is 5.43. The van der Waals surface area contributed by atoms with Gasteiger partial charge in [-0.1, -0.05) is 17.7 Å². The van der Waals surface area contributed by atoms with E-state index in [1.54, 1.807) is 24.4 Å². The third-order valence-corrected chi connectivity index (χ3v) is 7.11. The van der Waals surface area contributed by atoms with Crippen molar-refractivity contribution in [3.63, 3.8) is 0 Å². The van der Waals surface area contributed by atoms with Crippen molar-refractivity contribution >= 4 is 33.2 Å². The fraction of sp³-hybridized carbons (Fsp3) is 0.217. The standard InChI is InChI=1S/C23H20ClF2N3O3S/c24-18-13-15(4-7-19(18)25)28-23(30)17-5-8-20(26)22-16(17)6-9-21(22)29-33(31,32)12-10-14-3-1-2-11-27-14/h1-5,7-8,11,13,21,29H,6,9-10,12H2,(H,28,30)/t21-/m0/s1. The number of hydrogen-bond donors (Lipinski definition) is 2. The lowest BCUT2D eigenvalue weighted by Gasteiger charge is -2.16. The van der Waals surface area contributed by atoms with Gasteiger partial charge in [0.05, 0.1) is 16.8 Å². The fourth-order valence-corrected chi connectivity index (χ4v) is 5.32. The van der Waals surface area contributed by atoms with Crippen molar-refractivity contribution in [2.24, 2.45) is 0 Å². The number of nitrogens with zero attached hydrogens (tertiary/aromatic N) is 1. The summed E-state index contributed by atoms with van der Waals surface area (Å²) in [7, 11) is -3.72. The van der Waals surface area contributed by atoms with Gasteiger partial charge in [0.15, 0.2) is 0 Å². The lowest BCUT2D eigenvalue weighted by molar-refractivity contribution is 0.102. The average molecular weight is 492 g/mol. The van der Waals surface area contributed by atoms with Crippen molar-refractivity contribution in [2.75, 3.05) is 11.1 Å². The molecule has 1 atom stereocenters. The molecule has 1 aromatic heterocycles. The van der Waals surface area contributed by atoms with Crippen LogP contribution in [-0.2, 0) is 22.9 Å². The van der Waals surface area contributed by atoms with E-state index in [-0.39, 0.29) is 34.0 Å². The van der Waals surface area contributed by atoms with Gasteiger partial charge in [0.2, 0.25) is 10.0 Å². The predicted octanol–water partition coefficient (Wildman–Crippen LogP) is 4.41. The van der Waals surface area contributed by atoms with Crippen LogP contribution in [0.2, 0.25) is 5.02 Å². The van der Waals surface area contributed by atoms with E-state index >= 15 is 0 Å². The number of sulfonamides is 1. The van der Waals surface area contributed by atoms with Crippen molar-refractivity contribution < 1.29 is 22.0 Å². The maximum absolute atomic E-state index is 14.7. The maximum atomic E-state index is 14.7. The second kappa shape index (κ2) is 9.54. The Morgan fingerprint density at radius 2 is 1.91 bits per heavy atom. The number of hydrogen-bond acceptors (Lipinski definition) is 4. The molecule has 1 aliphatic carbocycles. The second-order valence-corrected chi connectivity index (χ2v) is 9.95. The maximum Gasteiger partial charge on any atom is 0.255 e. The number of benzene rings is 2. The number of halogens is 3. The number of fused-ring (bicyclic) bond motifs is 1. The van der Waals surface area contributed by atoms with E-state index in [4.69, 9.17) is 11.6 Å². The number of amides is 1. The molecular weight excluding hydrogens is 472 g/mol. The molecule has 172 valence electrons. The highest BCUT2D eigenvalue weighted by Crippen LogP contribution is 2.36.